The molecule has 3 nitrogen and oxygen atoms in total. The van der Waals surface area contributed by atoms with Gasteiger partial charge in [0.05, 0.1) is 12.1 Å². The summed E-state index contributed by atoms with van der Waals surface area (Å²) in [5, 5.41) is 0. The van der Waals surface area contributed by atoms with Gasteiger partial charge >= 0.3 is 0 Å². The van der Waals surface area contributed by atoms with Gasteiger partial charge in [-0.15, -0.1) is 0 Å². The van der Waals surface area contributed by atoms with Crippen LogP contribution in [0.2, 0.25) is 0 Å². The summed E-state index contributed by atoms with van der Waals surface area (Å²) in [6.45, 7) is 2.71. The smallest absolute Gasteiger partial charge is 0.261 e. The van der Waals surface area contributed by atoms with E-state index in [4.69, 9.17) is 5.73 Å². The highest BCUT2D eigenvalue weighted by Crippen LogP contribution is 2.33. The van der Waals surface area contributed by atoms with Crippen LogP contribution < -0.4 is 10.6 Å². The largest absolute Gasteiger partial charge is 0.398 e. The van der Waals surface area contributed by atoms with E-state index in [2.05, 4.69) is 13.0 Å². The highest BCUT2D eigenvalue weighted by Gasteiger charge is 2.30. The number of nitrogens with zero attached hydrogens (tertiary/aromatic N) is 1. The van der Waals surface area contributed by atoms with E-state index in [-0.39, 0.29) is 5.91 Å². The molecule has 0 radical (unpaired) electrons. The third-order valence-electron chi connectivity index (χ3n) is 3.63. The Morgan fingerprint density at radius 3 is 2.68 bits per heavy atom. The van der Waals surface area contributed by atoms with Crippen molar-refractivity contribution < 1.29 is 4.79 Å². The van der Waals surface area contributed by atoms with Crippen LogP contribution >= 0.6 is 0 Å². The molecule has 1 amide bonds. The van der Waals surface area contributed by atoms with E-state index >= 15 is 0 Å². The fourth-order valence-corrected chi connectivity index (χ4v) is 2.66. The van der Waals surface area contributed by atoms with Crippen LogP contribution in [0.4, 0.5) is 11.4 Å². The predicted octanol–water partition coefficient (Wildman–Crippen LogP) is 2.99. The molecule has 0 unspecified atom stereocenters. The molecule has 19 heavy (non-hydrogen) atoms. The van der Waals surface area contributed by atoms with Crippen LogP contribution in [0.3, 0.4) is 0 Å². The summed E-state index contributed by atoms with van der Waals surface area (Å²) in [6.07, 6.45) is 0.909. The van der Waals surface area contributed by atoms with Crippen LogP contribution in [0.25, 0.3) is 0 Å². The molecular formula is C16H16N2O. The van der Waals surface area contributed by atoms with Crippen LogP contribution in [0.1, 0.15) is 28.4 Å². The number of nitrogens with two attached hydrogens (primary N) is 1. The van der Waals surface area contributed by atoms with Crippen molar-refractivity contribution in [2.75, 3.05) is 10.6 Å². The highest BCUT2D eigenvalue weighted by atomic mass is 16.2. The number of hydrogen-bond donors (Lipinski definition) is 1. The molecule has 0 saturated heterocycles. The van der Waals surface area contributed by atoms with E-state index in [1.165, 1.54) is 5.56 Å². The first-order valence-electron chi connectivity index (χ1n) is 6.49. The number of hydrogen-bond acceptors (Lipinski definition) is 2. The second-order valence-corrected chi connectivity index (χ2v) is 4.75. The minimum atomic E-state index is 0.00833. The van der Waals surface area contributed by atoms with Gasteiger partial charge in [-0.25, -0.2) is 0 Å². The van der Waals surface area contributed by atoms with Crippen LogP contribution in [0.15, 0.2) is 42.5 Å². The molecular weight excluding hydrogens is 236 g/mol. The molecule has 2 aromatic rings. The first-order chi connectivity index (χ1) is 9.22. The Hall–Kier alpha value is -2.29. The summed E-state index contributed by atoms with van der Waals surface area (Å²) in [7, 11) is 0. The quantitative estimate of drug-likeness (QED) is 0.835. The second-order valence-electron chi connectivity index (χ2n) is 4.75. The molecule has 0 spiro atoms. The molecule has 1 aliphatic rings. The molecule has 0 aliphatic carbocycles. The van der Waals surface area contributed by atoms with Crippen molar-refractivity contribution in [2.24, 2.45) is 0 Å². The maximum atomic E-state index is 12.5. The summed E-state index contributed by atoms with van der Waals surface area (Å²) in [6, 6.07) is 13.7. The predicted molar refractivity (Wildman–Crippen MR) is 77.2 cm³/mol. The third kappa shape index (κ3) is 1.78. The molecule has 0 saturated carbocycles. The fraction of sp³-hybridized carbons (Fsp3) is 0.188. The number of rotatable bonds is 2. The number of fused-ring (bicyclic) bond motifs is 1. The minimum absolute atomic E-state index is 0.00833. The van der Waals surface area contributed by atoms with Gasteiger partial charge in [0.1, 0.15) is 0 Å². The molecule has 1 heterocycles. The number of anilines is 2. The van der Waals surface area contributed by atoms with Gasteiger partial charge < -0.3 is 10.6 Å². The molecule has 0 fully saturated rings. The Kier molecular flexibility index (Phi) is 2.75. The summed E-state index contributed by atoms with van der Waals surface area (Å²) >= 11 is 0. The van der Waals surface area contributed by atoms with Crippen molar-refractivity contribution >= 4 is 17.3 Å². The van der Waals surface area contributed by atoms with Gasteiger partial charge in [0.15, 0.2) is 0 Å². The number of aryl methyl sites for hydroxylation is 1. The van der Waals surface area contributed by atoms with Gasteiger partial charge in [-0.3, -0.25) is 4.79 Å². The number of carbonyl (C=O) groups excluding carboxylic acids is 1. The summed E-state index contributed by atoms with van der Waals surface area (Å²) in [5.41, 5.74) is 10.3. The average molecular weight is 252 g/mol. The van der Waals surface area contributed by atoms with Gasteiger partial charge in [0.2, 0.25) is 0 Å². The average Bonchev–Trinajstić information content (AvgIpc) is 2.77. The molecule has 3 rings (SSSR count). The number of benzene rings is 2. The fourth-order valence-electron chi connectivity index (χ4n) is 2.66. The van der Waals surface area contributed by atoms with Crippen LogP contribution in [-0.2, 0) is 13.0 Å². The van der Waals surface area contributed by atoms with Gasteiger partial charge in [-0.05, 0) is 29.7 Å². The van der Waals surface area contributed by atoms with Crippen LogP contribution in [0.5, 0.6) is 0 Å². The molecule has 1 aliphatic heterocycles. The molecule has 96 valence electrons. The molecule has 2 aromatic carbocycles. The molecule has 0 atom stereocenters. The zero-order chi connectivity index (χ0) is 13.4. The first-order valence-corrected chi connectivity index (χ1v) is 6.49. The second kappa shape index (κ2) is 4.43. The van der Waals surface area contributed by atoms with Gasteiger partial charge in [-0.2, -0.15) is 0 Å². The summed E-state index contributed by atoms with van der Waals surface area (Å²) in [5.74, 6) is 0.00833. The number of nitrogen functional groups attached to an aromatic ring is 1. The number of amides is 1. The molecule has 3 heteroatoms. The van der Waals surface area contributed by atoms with Crippen molar-refractivity contribution in [1.29, 1.82) is 0 Å². The monoisotopic (exact) mass is 252 g/mol. The van der Waals surface area contributed by atoms with Crippen molar-refractivity contribution in [3.8, 4) is 0 Å². The zero-order valence-electron chi connectivity index (χ0n) is 10.9. The number of carbonyl (C=O) groups is 1. The van der Waals surface area contributed by atoms with Crippen molar-refractivity contribution in [2.45, 2.75) is 19.9 Å². The standard InChI is InChI=1S/C16H16N2O/c1-2-11-6-3-4-9-14(11)18-10-12-7-5-8-13(17)15(12)16(18)19/h3-9H,2,10,17H2,1H3. The highest BCUT2D eigenvalue weighted by molar-refractivity contribution is 6.13. The van der Waals surface area contributed by atoms with Crippen molar-refractivity contribution in [1.82, 2.24) is 0 Å². The Morgan fingerprint density at radius 1 is 1.16 bits per heavy atom. The summed E-state index contributed by atoms with van der Waals surface area (Å²) < 4.78 is 0. The molecule has 2 N–H and O–H groups in total. The van der Waals surface area contributed by atoms with Crippen LogP contribution in [-0.4, -0.2) is 5.91 Å². The van der Waals surface area contributed by atoms with Crippen LogP contribution in [0, 0.1) is 0 Å². The Balaban J connectivity index is 2.07. The Labute approximate surface area is 112 Å². The maximum absolute atomic E-state index is 12.5. The molecule has 0 aromatic heterocycles. The molecule has 0 bridgehead atoms. The van der Waals surface area contributed by atoms with Gasteiger partial charge in [-0.1, -0.05) is 37.3 Å². The van der Waals surface area contributed by atoms with E-state index in [0.29, 0.717) is 17.8 Å². The van der Waals surface area contributed by atoms with E-state index in [9.17, 15) is 4.79 Å². The van der Waals surface area contributed by atoms with Gasteiger partial charge in [0, 0.05) is 11.4 Å². The maximum Gasteiger partial charge on any atom is 0.261 e. The lowest BCUT2D eigenvalue weighted by molar-refractivity contribution is 0.0997. The van der Waals surface area contributed by atoms with Gasteiger partial charge in [0.25, 0.3) is 5.91 Å². The SMILES string of the molecule is CCc1ccccc1N1Cc2cccc(N)c2C1=O. The van der Waals surface area contributed by atoms with E-state index in [1.807, 2.05) is 35.2 Å². The summed E-state index contributed by atoms with van der Waals surface area (Å²) in [4.78, 5) is 14.4. The van der Waals surface area contributed by atoms with Crippen molar-refractivity contribution in [3.05, 3.63) is 59.2 Å². The van der Waals surface area contributed by atoms with E-state index in [0.717, 1.165) is 17.7 Å². The van der Waals surface area contributed by atoms with E-state index in [1.54, 1.807) is 6.07 Å². The minimum Gasteiger partial charge on any atom is -0.398 e. The Morgan fingerprint density at radius 2 is 1.95 bits per heavy atom. The third-order valence-corrected chi connectivity index (χ3v) is 3.63. The first kappa shape index (κ1) is 11.8. The van der Waals surface area contributed by atoms with E-state index < -0.39 is 0 Å². The van der Waals surface area contributed by atoms with Crippen molar-refractivity contribution in [3.63, 3.8) is 0 Å². The lowest BCUT2D eigenvalue weighted by Gasteiger charge is -2.19. The topological polar surface area (TPSA) is 46.3 Å². The number of para-hydroxylation sites is 1. The zero-order valence-corrected chi connectivity index (χ0v) is 10.9. The lowest BCUT2D eigenvalue weighted by Crippen LogP contribution is -2.24. The normalized spacial score (nSPS) is 13.7. The Bertz CT molecular complexity index is 649. The lowest BCUT2D eigenvalue weighted by atomic mass is 10.1.